The first kappa shape index (κ1) is 24.3. The van der Waals surface area contributed by atoms with E-state index in [0.717, 1.165) is 29.7 Å². The van der Waals surface area contributed by atoms with Crippen LogP contribution in [0.1, 0.15) is 56.4 Å². The number of carbonyl (C=O) groups is 1. The molecule has 0 bridgehead atoms. The van der Waals surface area contributed by atoms with Crippen LogP contribution in [0.5, 0.6) is 0 Å². The summed E-state index contributed by atoms with van der Waals surface area (Å²) in [6, 6.07) is 5.95. The van der Waals surface area contributed by atoms with E-state index in [9.17, 15) is 14.4 Å². The highest BCUT2D eigenvalue weighted by molar-refractivity contribution is 5.81. The van der Waals surface area contributed by atoms with Crippen molar-refractivity contribution in [1.82, 2.24) is 29.2 Å². The van der Waals surface area contributed by atoms with Crippen LogP contribution in [0.25, 0.3) is 5.52 Å². The maximum Gasteiger partial charge on any atom is 0.229 e. The van der Waals surface area contributed by atoms with Gasteiger partial charge in [-0.1, -0.05) is 0 Å². The molecule has 0 fully saturated rings. The van der Waals surface area contributed by atoms with Crippen molar-refractivity contribution < 1.29 is 9.18 Å². The molecule has 0 saturated carbocycles. The number of hydrogen-bond acceptors (Lipinski definition) is 6. The fraction of sp³-hybridized carbons (Fsp3) is 0.538. The summed E-state index contributed by atoms with van der Waals surface area (Å²) in [4.78, 5) is 18.9. The molecule has 2 aliphatic rings. The molecule has 0 aromatic carbocycles. The highest BCUT2D eigenvalue weighted by Crippen LogP contribution is 2.36. The fourth-order valence-electron chi connectivity index (χ4n) is 5.83. The molecule has 5 rings (SSSR count). The third kappa shape index (κ3) is 3.82. The highest BCUT2D eigenvalue weighted by atomic mass is 19.1. The molecule has 5 heterocycles. The molecule has 10 heteroatoms. The van der Waals surface area contributed by atoms with E-state index in [2.05, 4.69) is 39.5 Å². The molecule has 0 N–H and O–H groups in total. The summed E-state index contributed by atoms with van der Waals surface area (Å²) >= 11 is 0. The zero-order valence-electron chi connectivity index (χ0n) is 21.8. The summed E-state index contributed by atoms with van der Waals surface area (Å²) in [5, 5.41) is 18.5. The monoisotopic (exact) mass is 492 g/mol. The summed E-state index contributed by atoms with van der Waals surface area (Å²) in [5.41, 5.74) is 4.34. The van der Waals surface area contributed by atoms with E-state index < -0.39 is 11.2 Å². The van der Waals surface area contributed by atoms with Gasteiger partial charge in [-0.25, -0.2) is 8.91 Å². The molecule has 0 unspecified atom stereocenters. The van der Waals surface area contributed by atoms with Crippen LogP contribution in [0.15, 0.2) is 18.3 Å². The third-order valence-electron chi connectivity index (χ3n) is 7.55. The second-order valence-corrected chi connectivity index (χ2v) is 11.1. The Morgan fingerprint density at radius 3 is 2.69 bits per heavy atom. The van der Waals surface area contributed by atoms with Gasteiger partial charge in [-0.15, -0.1) is 0 Å². The molecule has 1 amide bonds. The van der Waals surface area contributed by atoms with Crippen molar-refractivity contribution >= 4 is 17.1 Å². The van der Waals surface area contributed by atoms with Crippen LogP contribution in [0.4, 0.5) is 10.1 Å². The van der Waals surface area contributed by atoms with Gasteiger partial charge in [-0.2, -0.15) is 15.5 Å². The molecular weight excluding hydrogens is 459 g/mol. The van der Waals surface area contributed by atoms with Gasteiger partial charge in [0, 0.05) is 45.3 Å². The van der Waals surface area contributed by atoms with Gasteiger partial charge in [0.2, 0.25) is 5.91 Å². The third-order valence-corrected chi connectivity index (χ3v) is 7.55. The van der Waals surface area contributed by atoms with Crippen molar-refractivity contribution in [2.45, 2.75) is 59.3 Å². The van der Waals surface area contributed by atoms with Crippen molar-refractivity contribution in [2.75, 3.05) is 32.1 Å². The maximum atomic E-state index is 14.8. The Morgan fingerprint density at radius 2 is 2.00 bits per heavy atom. The number of aromatic nitrogens is 4. The number of rotatable bonds is 4. The highest BCUT2D eigenvalue weighted by Gasteiger charge is 2.38. The Kier molecular flexibility index (Phi) is 5.79. The lowest BCUT2D eigenvalue weighted by molar-refractivity contribution is -0.139. The summed E-state index contributed by atoms with van der Waals surface area (Å²) < 4.78 is 18.3. The van der Waals surface area contributed by atoms with Gasteiger partial charge in [-0.3, -0.25) is 14.4 Å². The molecule has 0 radical (unpaired) electrons. The molecule has 3 aromatic rings. The van der Waals surface area contributed by atoms with E-state index in [1.54, 1.807) is 25.1 Å². The number of hydrogen-bond donors (Lipinski definition) is 0. The Hall–Kier alpha value is -3.45. The van der Waals surface area contributed by atoms with Gasteiger partial charge in [0.15, 0.2) is 5.82 Å². The molecule has 3 aromatic heterocycles. The zero-order chi connectivity index (χ0) is 25.9. The van der Waals surface area contributed by atoms with Crippen molar-refractivity contribution in [1.29, 1.82) is 5.26 Å². The minimum absolute atomic E-state index is 0.0940. The van der Waals surface area contributed by atoms with E-state index in [1.807, 2.05) is 19.9 Å². The number of fused-ring (bicyclic) bond motifs is 4. The van der Waals surface area contributed by atoms with E-state index in [0.29, 0.717) is 37.4 Å². The molecule has 9 nitrogen and oxygen atoms in total. The summed E-state index contributed by atoms with van der Waals surface area (Å²) in [6.07, 6.45) is 2.01. The van der Waals surface area contributed by atoms with Crippen molar-refractivity contribution in [3.05, 3.63) is 46.8 Å². The minimum atomic E-state index is -0.491. The van der Waals surface area contributed by atoms with Gasteiger partial charge in [0.05, 0.1) is 41.3 Å². The summed E-state index contributed by atoms with van der Waals surface area (Å²) in [5.74, 6) is -0.315. The van der Waals surface area contributed by atoms with Crippen molar-refractivity contribution in [3.63, 3.8) is 0 Å². The number of halogens is 1. The lowest BCUT2D eigenvalue weighted by Gasteiger charge is -2.39. The molecule has 2 aliphatic heterocycles. The number of anilines is 1. The SMILES string of the molecule is C[C@@H]1CN(c2ccc(C#N)n3ncc(F)c23)Cc2c3c(nn21)CN(CC(C)(C)C(=O)N(C)C)[C@@H](C)C3. The van der Waals surface area contributed by atoms with Gasteiger partial charge >= 0.3 is 0 Å². The van der Waals surface area contributed by atoms with Crippen LogP contribution in [0.3, 0.4) is 0 Å². The summed E-state index contributed by atoms with van der Waals surface area (Å²) in [6.45, 7) is 11.0. The Bertz CT molecular complexity index is 1380. The average molecular weight is 493 g/mol. The van der Waals surface area contributed by atoms with Gasteiger partial charge in [0.25, 0.3) is 0 Å². The van der Waals surface area contributed by atoms with E-state index >= 15 is 0 Å². The Morgan fingerprint density at radius 1 is 1.25 bits per heavy atom. The number of amides is 1. The van der Waals surface area contributed by atoms with Crippen LogP contribution < -0.4 is 4.90 Å². The van der Waals surface area contributed by atoms with E-state index in [4.69, 9.17) is 5.10 Å². The molecule has 0 saturated heterocycles. The van der Waals surface area contributed by atoms with Gasteiger partial charge < -0.3 is 9.80 Å². The predicted octanol–water partition coefficient (Wildman–Crippen LogP) is 2.98. The largest absolute Gasteiger partial charge is 0.362 e. The Labute approximate surface area is 210 Å². The quantitative estimate of drug-likeness (QED) is 0.557. The minimum Gasteiger partial charge on any atom is -0.362 e. The number of nitriles is 1. The van der Waals surface area contributed by atoms with Crippen LogP contribution >= 0.6 is 0 Å². The number of pyridine rings is 1. The lowest BCUT2D eigenvalue weighted by atomic mass is 9.88. The van der Waals surface area contributed by atoms with Crippen LogP contribution in [0, 0.1) is 22.6 Å². The van der Waals surface area contributed by atoms with Crippen molar-refractivity contribution in [2.24, 2.45) is 5.41 Å². The van der Waals surface area contributed by atoms with E-state index in [-0.39, 0.29) is 18.0 Å². The van der Waals surface area contributed by atoms with Crippen molar-refractivity contribution in [3.8, 4) is 6.07 Å². The molecule has 0 aliphatic carbocycles. The molecule has 0 spiro atoms. The number of carbonyl (C=O) groups excluding carboxylic acids is 1. The molecule has 190 valence electrons. The standard InChI is InChI=1S/C26H33FN8O/c1-16-9-19-21(13-33(16)15-26(3,4)25(36)31(5)6)30-34-17(2)12-32(14-23(19)34)22-8-7-18(10-28)35-24(22)20(27)11-29-35/h7-8,11,16-17H,9,12-15H2,1-6H3/t16-,17+/m0/s1. The lowest BCUT2D eigenvalue weighted by Crippen LogP contribution is -2.48. The smallest absolute Gasteiger partial charge is 0.229 e. The molecular formula is C26H33FN8O. The normalized spacial score (nSPS) is 20.2. The van der Waals surface area contributed by atoms with Crippen LogP contribution in [-0.2, 0) is 24.3 Å². The second-order valence-electron chi connectivity index (χ2n) is 11.1. The topological polar surface area (TPSA) is 85.7 Å². The first-order valence-corrected chi connectivity index (χ1v) is 12.4. The predicted molar refractivity (Wildman–Crippen MR) is 134 cm³/mol. The molecule has 2 atom stereocenters. The fourth-order valence-corrected chi connectivity index (χ4v) is 5.83. The van der Waals surface area contributed by atoms with E-state index in [1.165, 1.54) is 10.1 Å². The van der Waals surface area contributed by atoms with Crippen LogP contribution in [-0.4, -0.2) is 68.3 Å². The first-order chi connectivity index (χ1) is 17.0. The van der Waals surface area contributed by atoms with Gasteiger partial charge in [-0.05, 0) is 46.2 Å². The average Bonchev–Trinajstić information content (AvgIpc) is 3.39. The van der Waals surface area contributed by atoms with Gasteiger partial charge in [0.1, 0.15) is 17.3 Å². The second kappa shape index (κ2) is 8.59. The maximum absolute atomic E-state index is 14.8. The zero-order valence-corrected chi connectivity index (χ0v) is 21.8. The summed E-state index contributed by atoms with van der Waals surface area (Å²) in [7, 11) is 3.60. The number of nitrogens with zero attached hydrogens (tertiary/aromatic N) is 8. The Balaban J connectivity index is 1.46. The van der Waals surface area contributed by atoms with Crippen LogP contribution in [0.2, 0.25) is 0 Å². The first-order valence-electron chi connectivity index (χ1n) is 12.4. The molecule has 36 heavy (non-hydrogen) atoms.